The zero-order valence-electron chi connectivity index (χ0n) is 22.9. The molecule has 0 radical (unpaired) electrons. The second-order valence-corrected chi connectivity index (χ2v) is 12.6. The molecule has 43 heavy (non-hydrogen) atoms. The molecule has 4 aromatic carbocycles. The predicted octanol–water partition coefficient (Wildman–Crippen LogP) is 7.07. The van der Waals surface area contributed by atoms with Crippen LogP contribution in [0.15, 0.2) is 94.8 Å². The lowest BCUT2D eigenvalue weighted by Crippen LogP contribution is -2.29. The first kappa shape index (κ1) is 27.3. The molecular formula is C33H24FN3O4S2. The van der Waals surface area contributed by atoms with Crippen LogP contribution in [0.25, 0.3) is 16.5 Å². The molecule has 1 amide bonds. The number of amides is 1. The number of carbonyl (C=O) groups excluding carboxylic acids is 2. The van der Waals surface area contributed by atoms with E-state index in [1.807, 2.05) is 25.1 Å². The smallest absolute Gasteiger partial charge is 0.301 e. The Morgan fingerprint density at radius 1 is 1.05 bits per heavy atom. The largest absolute Gasteiger partial charge is 0.507 e. The summed E-state index contributed by atoms with van der Waals surface area (Å²) in [6.07, 6.45) is 0.632. The number of benzene rings is 4. The first-order valence-electron chi connectivity index (χ1n) is 13.7. The summed E-state index contributed by atoms with van der Waals surface area (Å²) >= 11 is 2.60. The quantitative estimate of drug-likeness (QED) is 0.0724. The number of rotatable bonds is 6. The number of aliphatic hydroxyl groups excluding tert-OH is 1. The van der Waals surface area contributed by atoms with E-state index < -0.39 is 23.5 Å². The summed E-state index contributed by atoms with van der Waals surface area (Å²) in [6, 6.07) is 24.0. The van der Waals surface area contributed by atoms with Crippen LogP contribution in [0.2, 0.25) is 0 Å². The summed E-state index contributed by atoms with van der Waals surface area (Å²) in [5.74, 6) is -1.50. The Balaban J connectivity index is 1.26. The molecule has 214 valence electrons. The number of Topliss-reactive ketones (excluding diaryl/α,β-unsaturated/α-hetero) is 1. The molecule has 0 aliphatic carbocycles. The molecular weight excluding hydrogens is 586 g/mol. The highest BCUT2D eigenvalue weighted by molar-refractivity contribution is 8.00. The molecule has 3 heterocycles. The molecule has 0 bridgehead atoms. The summed E-state index contributed by atoms with van der Waals surface area (Å²) < 4.78 is 21.6. The summed E-state index contributed by atoms with van der Waals surface area (Å²) in [5.41, 5.74) is 2.22. The fourth-order valence-electron chi connectivity index (χ4n) is 5.66. The van der Waals surface area contributed by atoms with E-state index in [4.69, 9.17) is 4.74 Å². The number of nitrogens with zero attached hydrogens (tertiary/aromatic N) is 3. The highest BCUT2D eigenvalue weighted by Crippen LogP contribution is 2.45. The normalized spacial score (nSPS) is 19.2. The molecule has 2 aliphatic rings. The van der Waals surface area contributed by atoms with Gasteiger partial charge in [0.2, 0.25) is 5.13 Å². The Hall–Kier alpha value is -4.54. The van der Waals surface area contributed by atoms with Crippen LogP contribution in [0, 0.1) is 5.82 Å². The number of hydrogen-bond acceptors (Lipinski definition) is 8. The van der Waals surface area contributed by atoms with Crippen molar-refractivity contribution < 1.29 is 23.8 Å². The third kappa shape index (κ3) is 4.86. The van der Waals surface area contributed by atoms with Crippen molar-refractivity contribution in [3.8, 4) is 5.75 Å². The number of thioether (sulfide) groups is 1. The maximum Gasteiger partial charge on any atom is 0.301 e. The van der Waals surface area contributed by atoms with Gasteiger partial charge < -0.3 is 9.84 Å². The van der Waals surface area contributed by atoms with Gasteiger partial charge in [-0.05, 0) is 53.1 Å². The topological polar surface area (TPSA) is 92.6 Å². The third-order valence-electron chi connectivity index (χ3n) is 7.65. The summed E-state index contributed by atoms with van der Waals surface area (Å²) in [4.78, 5) is 28.2. The molecule has 1 aromatic heterocycles. The van der Waals surface area contributed by atoms with Crippen LogP contribution in [-0.4, -0.2) is 33.1 Å². The standard InChI is InChI=1S/C33H24FN3O4S2/c1-18-15-22-16-20(13-14-26(22)41-18)29(38)27-28(24-11-4-5-12-25(24)34)37(31(40)30(27)39)32-35-36-33(43-32)42-17-21-9-6-8-19-7-2-3-10-23(19)21/h2-14,16,18,28,38H,15,17H2,1H3/b29-27+/t18-,28+/m1/s1. The van der Waals surface area contributed by atoms with Crippen LogP contribution in [0.1, 0.15) is 35.2 Å². The number of hydrogen-bond donors (Lipinski definition) is 1. The molecule has 0 saturated carbocycles. The van der Waals surface area contributed by atoms with Gasteiger partial charge >= 0.3 is 5.91 Å². The molecule has 7 nitrogen and oxygen atoms in total. The van der Waals surface area contributed by atoms with Crippen molar-refractivity contribution in [2.75, 3.05) is 4.90 Å². The SMILES string of the molecule is C[C@@H]1Cc2cc(/C(O)=C3\C(=O)C(=O)N(c4nnc(SCc5cccc6ccccc56)s4)[C@H]3c3ccccc3F)ccc2O1. The van der Waals surface area contributed by atoms with E-state index in [1.165, 1.54) is 30.0 Å². The van der Waals surface area contributed by atoms with E-state index in [0.29, 0.717) is 27.8 Å². The average molecular weight is 610 g/mol. The van der Waals surface area contributed by atoms with Gasteiger partial charge in [-0.3, -0.25) is 14.5 Å². The Morgan fingerprint density at radius 3 is 2.70 bits per heavy atom. The van der Waals surface area contributed by atoms with Gasteiger partial charge in [-0.2, -0.15) is 0 Å². The van der Waals surface area contributed by atoms with E-state index in [1.54, 1.807) is 24.3 Å². The Morgan fingerprint density at radius 2 is 1.84 bits per heavy atom. The molecule has 5 aromatic rings. The molecule has 1 N–H and O–H groups in total. The van der Waals surface area contributed by atoms with Crippen molar-refractivity contribution in [3.63, 3.8) is 0 Å². The molecule has 7 rings (SSSR count). The van der Waals surface area contributed by atoms with Crippen molar-refractivity contribution >= 4 is 56.5 Å². The average Bonchev–Trinajstić information content (AvgIpc) is 3.70. The minimum atomic E-state index is -1.23. The Labute approximate surface area is 254 Å². The molecule has 10 heteroatoms. The Kier molecular flexibility index (Phi) is 6.95. The molecule has 2 atom stereocenters. The maximum absolute atomic E-state index is 15.3. The number of aromatic nitrogens is 2. The molecule has 1 fully saturated rings. The van der Waals surface area contributed by atoms with Crippen LogP contribution in [-0.2, 0) is 21.8 Å². The van der Waals surface area contributed by atoms with Crippen LogP contribution < -0.4 is 9.64 Å². The fraction of sp³-hybridized carbons (Fsp3) is 0.152. The summed E-state index contributed by atoms with van der Waals surface area (Å²) in [7, 11) is 0. The van der Waals surface area contributed by atoms with Crippen LogP contribution in [0.3, 0.4) is 0 Å². The Bertz CT molecular complexity index is 1950. The number of halogens is 1. The van der Waals surface area contributed by atoms with Crippen LogP contribution in [0.5, 0.6) is 5.75 Å². The monoisotopic (exact) mass is 609 g/mol. The van der Waals surface area contributed by atoms with Gasteiger partial charge in [0.15, 0.2) is 4.34 Å². The van der Waals surface area contributed by atoms with Gasteiger partial charge in [-0.25, -0.2) is 4.39 Å². The van der Waals surface area contributed by atoms with Gasteiger partial charge in [0.25, 0.3) is 5.78 Å². The lowest BCUT2D eigenvalue weighted by atomic mass is 9.94. The molecule has 0 unspecified atom stereocenters. The van der Waals surface area contributed by atoms with Gasteiger partial charge in [-0.15, -0.1) is 10.2 Å². The van der Waals surface area contributed by atoms with Crippen molar-refractivity contribution in [1.29, 1.82) is 0 Å². The number of aliphatic hydroxyl groups is 1. The minimum Gasteiger partial charge on any atom is -0.507 e. The van der Waals surface area contributed by atoms with Crippen LogP contribution >= 0.6 is 23.1 Å². The van der Waals surface area contributed by atoms with E-state index in [9.17, 15) is 14.7 Å². The van der Waals surface area contributed by atoms with E-state index in [-0.39, 0.29) is 28.1 Å². The zero-order valence-corrected chi connectivity index (χ0v) is 24.5. The summed E-state index contributed by atoms with van der Waals surface area (Å²) in [6.45, 7) is 1.94. The lowest BCUT2D eigenvalue weighted by molar-refractivity contribution is -0.132. The van der Waals surface area contributed by atoms with E-state index >= 15 is 4.39 Å². The number of anilines is 1. The second kappa shape index (κ2) is 10.9. The highest BCUT2D eigenvalue weighted by Gasteiger charge is 2.49. The number of ether oxygens (including phenoxy) is 1. The van der Waals surface area contributed by atoms with Crippen molar-refractivity contribution in [3.05, 3.63) is 119 Å². The lowest BCUT2D eigenvalue weighted by Gasteiger charge is -2.23. The molecule has 0 spiro atoms. The van der Waals surface area contributed by atoms with Gasteiger partial charge in [0, 0.05) is 23.3 Å². The van der Waals surface area contributed by atoms with Crippen molar-refractivity contribution in [2.45, 2.75) is 35.6 Å². The first-order valence-corrected chi connectivity index (χ1v) is 15.5. The van der Waals surface area contributed by atoms with Crippen molar-refractivity contribution in [1.82, 2.24) is 10.2 Å². The van der Waals surface area contributed by atoms with E-state index in [0.717, 1.165) is 38.1 Å². The van der Waals surface area contributed by atoms with Gasteiger partial charge in [0.1, 0.15) is 29.5 Å². The summed E-state index contributed by atoms with van der Waals surface area (Å²) in [5, 5.41) is 22.4. The molecule has 1 saturated heterocycles. The van der Waals surface area contributed by atoms with Gasteiger partial charge in [0.05, 0.1) is 5.57 Å². The third-order valence-corrected chi connectivity index (χ3v) is 9.75. The van der Waals surface area contributed by atoms with E-state index in [2.05, 4.69) is 34.5 Å². The number of ketones is 1. The minimum absolute atomic E-state index is 0.0125. The zero-order chi connectivity index (χ0) is 29.7. The van der Waals surface area contributed by atoms with Crippen LogP contribution in [0.4, 0.5) is 9.52 Å². The maximum atomic E-state index is 15.3. The van der Waals surface area contributed by atoms with Gasteiger partial charge in [-0.1, -0.05) is 83.8 Å². The fourth-order valence-corrected chi connectivity index (χ4v) is 7.53. The number of carbonyl (C=O) groups is 2. The predicted molar refractivity (Wildman–Crippen MR) is 165 cm³/mol. The number of fused-ring (bicyclic) bond motifs is 2. The first-order chi connectivity index (χ1) is 20.9. The highest BCUT2D eigenvalue weighted by atomic mass is 32.2. The molecule has 2 aliphatic heterocycles. The van der Waals surface area contributed by atoms with Crippen molar-refractivity contribution in [2.24, 2.45) is 0 Å². The second-order valence-electron chi connectivity index (χ2n) is 10.4.